The fraction of sp³-hybridized carbons (Fsp3) is 0.368. The first-order valence-electron chi connectivity index (χ1n) is 8.42. The Balaban J connectivity index is 1.78. The SMILES string of the molecule is COc1ccc(S(=O)(=O)N2CCOC(Cc3ccccc3)C2)cc1OC. The van der Waals surface area contributed by atoms with E-state index >= 15 is 0 Å². The van der Waals surface area contributed by atoms with Gasteiger partial charge in [0.05, 0.1) is 31.8 Å². The topological polar surface area (TPSA) is 65.1 Å². The second-order valence-corrected chi connectivity index (χ2v) is 8.00. The third-order valence-corrected chi connectivity index (χ3v) is 6.26. The molecule has 1 heterocycles. The molecule has 2 aromatic rings. The summed E-state index contributed by atoms with van der Waals surface area (Å²) in [6.07, 6.45) is 0.514. The van der Waals surface area contributed by atoms with Gasteiger partial charge in [0.1, 0.15) is 0 Å². The van der Waals surface area contributed by atoms with Crippen molar-refractivity contribution in [2.75, 3.05) is 33.9 Å². The molecule has 1 saturated heterocycles. The summed E-state index contributed by atoms with van der Waals surface area (Å²) in [6.45, 7) is 1.04. The molecule has 1 unspecified atom stereocenters. The minimum atomic E-state index is -3.63. The number of rotatable bonds is 6. The van der Waals surface area contributed by atoms with Gasteiger partial charge in [0, 0.05) is 19.2 Å². The maximum absolute atomic E-state index is 13.0. The molecule has 0 N–H and O–H groups in total. The van der Waals surface area contributed by atoms with Gasteiger partial charge in [-0.2, -0.15) is 4.31 Å². The van der Waals surface area contributed by atoms with Gasteiger partial charge in [-0.3, -0.25) is 0 Å². The number of sulfonamides is 1. The highest BCUT2D eigenvalue weighted by atomic mass is 32.2. The molecule has 1 aliphatic rings. The molecule has 1 aliphatic heterocycles. The lowest BCUT2D eigenvalue weighted by molar-refractivity contribution is -0.000497. The lowest BCUT2D eigenvalue weighted by Crippen LogP contribution is -2.46. The summed E-state index contributed by atoms with van der Waals surface area (Å²) in [5.74, 6) is 0.887. The third kappa shape index (κ3) is 4.00. The maximum Gasteiger partial charge on any atom is 0.243 e. The van der Waals surface area contributed by atoms with Crippen LogP contribution in [0.3, 0.4) is 0 Å². The van der Waals surface area contributed by atoms with Crippen LogP contribution in [0.5, 0.6) is 11.5 Å². The first-order valence-corrected chi connectivity index (χ1v) is 9.86. The molecule has 1 atom stereocenters. The van der Waals surface area contributed by atoms with E-state index in [1.165, 1.54) is 24.6 Å². The molecular weight excluding hydrogens is 354 g/mol. The van der Waals surface area contributed by atoms with Crippen molar-refractivity contribution in [3.8, 4) is 11.5 Å². The van der Waals surface area contributed by atoms with Crippen molar-refractivity contribution in [3.05, 3.63) is 54.1 Å². The minimum absolute atomic E-state index is 0.166. The standard InChI is InChI=1S/C19H23NO5S/c1-23-18-9-8-17(13-19(18)24-2)26(21,22)20-10-11-25-16(14-20)12-15-6-4-3-5-7-15/h3-9,13,16H,10-12,14H2,1-2H3. The molecule has 6 nitrogen and oxygen atoms in total. The largest absolute Gasteiger partial charge is 0.493 e. The van der Waals surface area contributed by atoms with Crippen molar-refractivity contribution in [2.24, 2.45) is 0 Å². The van der Waals surface area contributed by atoms with E-state index in [9.17, 15) is 8.42 Å². The van der Waals surface area contributed by atoms with Gasteiger partial charge >= 0.3 is 0 Å². The molecule has 26 heavy (non-hydrogen) atoms. The average Bonchev–Trinajstić information content (AvgIpc) is 2.68. The van der Waals surface area contributed by atoms with Crippen molar-refractivity contribution < 1.29 is 22.6 Å². The second kappa shape index (κ2) is 8.07. The highest BCUT2D eigenvalue weighted by molar-refractivity contribution is 7.89. The van der Waals surface area contributed by atoms with Gasteiger partial charge in [-0.05, 0) is 24.1 Å². The first-order chi connectivity index (χ1) is 12.5. The predicted octanol–water partition coefficient (Wildman–Crippen LogP) is 2.34. The number of benzene rings is 2. The fourth-order valence-electron chi connectivity index (χ4n) is 3.04. The summed E-state index contributed by atoms with van der Waals surface area (Å²) >= 11 is 0. The van der Waals surface area contributed by atoms with E-state index in [4.69, 9.17) is 14.2 Å². The van der Waals surface area contributed by atoms with E-state index in [1.54, 1.807) is 12.1 Å². The van der Waals surface area contributed by atoms with Crippen LogP contribution in [0.4, 0.5) is 0 Å². The Bertz CT molecular complexity index is 838. The monoisotopic (exact) mass is 377 g/mol. The fourth-order valence-corrected chi connectivity index (χ4v) is 4.51. The van der Waals surface area contributed by atoms with Crippen LogP contribution >= 0.6 is 0 Å². The van der Waals surface area contributed by atoms with Crippen LogP contribution in [0, 0.1) is 0 Å². The van der Waals surface area contributed by atoms with Gasteiger partial charge in [-0.25, -0.2) is 8.42 Å². The summed E-state index contributed by atoms with van der Waals surface area (Å²) in [5, 5.41) is 0. The smallest absolute Gasteiger partial charge is 0.243 e. The zero-order chi connectivity index (χ0) is 18.6. The van der Waals surface area contributed by atoms with E-state index < -0.39 is 10.0 Å². The van der Waals surface area contributed by atoms with Crippen molar-refractivity contribution >= 4 is 10.0 Å². The zero-order valence-corrected chi connectivity index (χ0v) is 15.7. The highest BCUT2D eigenvalue weighted by Gasteiger charge is 2.31. The molecule has 140 valence electrons. The van der Waals surface area contributed by atoms with Crippen LogP contribution in [0.25, 0.3) is 0 Å². The molecule has 0 bridgehead atoms. The molecule has 0 spiro atoms. The van der Waals surface area contributed by atoms with E-state index in [2.05, 4.69) is 0 Å². The predicted molar refractivity (Wildman–Crippen MR) is 98.2 cm³/mol. The Morgan fingerprint density at radius 3 is 2.50 bits per heavy atom. The molecule has 3 rings (SSSR count). The number of methoxy groups -OCH3 is 2. The Morgan fingerprint density at radius 2 is 1.81 bits per heavy atom. The van der Waals surface area contributed by atoms with Crippen LogP contribution in [-0.4, -0.2) is 52.7 Å². The molecule has 7 heteroatoms. The molecule has 0 amide bonds. The summed E-state index contributed by atoms with van der Waals surface area (Å²) in [6, 6.07) is 14.6. The van der Waals surface area contributed by atoms with Gasteiger partial charge in [-0.15, -0.1) is 0 Å². The highest BCUT2D eigenvalue weighted by Crippen LogP contribution is 2.31. The molecular formula is C19H23NO5S. The zero-order valence-electron chi connectivity index (χ0n) is 14.9. The average molecular weight is 377 g/mol. The van der Waals surface area contributed by atoms with Gasteiger partial charge in [0.15, 0.2) is 11.5 Å². The van der Waals surface area contributed by atoms with Gasteiger partial charge < -0.3 is 14.2 Å². The lowest BCUT2D eigenvalue weighted by atomic mass is 10.1. The summed E-state index contributed by atoms with van der Waals surface area (Å²) in [7, 11) is -0.626. The van der Waals surface area contributed by atoms with E-state index in [-0.39, 0.29) is 11.0 Å². The van der Waals surface area contributed by atoms with Gasteiger partial charge in [0.25, 0.3) is 0 Å². The number of morpholine rings is 1. The van der Waals surface area contributed by atoms with Crippen molar-refractivity contribution in [1.82, 2.24) is 4.31 Å². The Kier molecular flexibility index (Phi) is 5.80. The lowest BCUT2D eigenvalue weighted by Gasteiger charge is -2.32. The van der Waals surface area contributed by atoms with Crippen molar-refractivity contribution in [3.63, 3.8) is 0 Å². The number of hydrogen-bond acceptors (Lipinski definition) is 5. The molecule has 0 radical (unpaired) electrons. The van der Waals surface area contributed by atoms with E-state index in [0.29, 0.717) is 37.6 Å². The summed E-state index contributed by atoms with van der Waals surface area (Å²) in [4.78, 5) is 0.190. The van der Waals surface area contributed by atoms with Gasteiger partial charge in [-0.1, -0.05) is 30.3 Å². The molecule has 0 saturated carbocycles. The van der Waals surface area contributed by atoms with Crippen molar-refractivity contribution in [1.29, 1.82) is 0 Å². The van der Waals surface area contributed by atoms with Crippen LogP contribution in [-0.2, 0) is 21.2 Å². The van der Waals surface area contributed by atoms with Crippen molar-refractivity contribution in [2.45, 2.75) is 17.4 Å². The molecule has 1 fully saturated rings. The van der Waals surface area contributed by atoms with Crippen LogP contribution in [0.15, 0.2) is 53.4 Å². The third-order valence-electron chi connectivity index (χ3n) is 4.40. The molecule has 0 aliphatic carbocycles. The first kappa shape index (κ1) is 18.7. The quantitative estimate of drug-likeness (QED) is 0.773. The minimum Gasteiger partial charge on any atom is -0.493 e. The summed E-state index contributed by atoms with van der Waals surface area (Å²) in [5.41, 5.74) is 1.13. The van der Waals surface area contributed by atoms with Crippen LogP contribution in [0.2, 0.25) is 0 Å². The Labute approximate surface area is 154 Å². The number of hydrogen-bond donors (Lipinski definition) is 0. The Morgan fingerprint density at radius 1 is 1.08 bits per heavy atom. The van der Waals surface area contributed by atoms with Crippen LogP contribution < -0.4 is 9.47 Å². The van der Waals surface area contributed by atoms with E-state index in [0.717, 1.165) is 5.56 Å². The molecule has 2 aromatic carbocycles. The maximum atomic E-state index is 13.0. The second-order valence-electron chi connectivity index (χ2n) is 6.06. The van der Waals surface area contributed by atoms with Gasteiger partial charge in [0.2, 0.25) is 10.0 Å². The van der Waals surface area contributed by atoms with E-state index in [1.807, 2.05) is 30.3 Å². The summed E-state index contributed by atoms with van der Waals surface area (Å²) < 4.78 is 43.7. The van der Waals surface area contributed by atoms with Crippen LogP contribution in [0.1, 0.15) is 5.56 Å². The number of nitrogens with zero attached hydrogens (tertiary/aromatic N) is 1. The molecule has 0 aromatic heterocycles. The number of ether oxygens (including phenoxy) is 3. The Hall–Kier alpha value is -2.09. The normalized spacial score (nSPS) is 18.5.